The average molecular weight is 322 g/mol. The molecule has 22 heavy (non-hydrogen) atoms. The van der Waals surface area contributed by atoms with E-state index in [9.17, 15) is 4.79 Å². The molecule has 0 N–H and O–H groups in total. The molecule has 0 aromatic heterocycles. The number of unbranched alkanes of at least 4 members (excludes halogenated alkanes) is 2. The van der Waals surface area contributed by atoms with Crippen LogP contribution in [0.3, 0.4) is 0 Å². The SMILES string of the molecule is CCCCN(CCCC)[C@H](C)[C@@H](SC(C)=O)c1ccccc1. The molecule has 0 fully saturated rings. The summed E-state index contributed by atoms with van der Waals surface area (Å²) >= 11 is 1.48. The van der Waals surface area contributed by atoms with Crippen molar-refractivity contribution < 1.29 is 4.79 Å². The first-order chi connectivity index (χ1) is 10.6. The molecule has 2 nitrogen and oxygen atoms in total. The van der Waals surface area contributed by atoms with Gasteiger partial charge in [-0.25, -0.2) is 0 Å². The van der Waals surface area contributed by atoms with Crippen molar-refractivity contribution in [3.63, 3.8) is 0 Å². The van der Waals surface area contributed by atoms with Crippen molar-refractivity contribution in [3.8, 4) is 0 Å². The maximum atomic E-state index is 11.7. The van der Waals surface area contributed by atoms with Gasteiger partial charge in [0.05, 0.1) is 5.25 Å². The smallest absolute Gasteiger partial charge is 0.186 e. The minimum absolute atomic E-state index is 0.201. The van der Waals surface area contributed by atoms with Crippen molar-refractivity contribution in [2.75, 3.05) is 13.1 Å². The summed E-state index contributed by atoms with van der Waals surface area (Å²) in [6.07, 6.45) is 4.87. The zero-order valence-electron chi connectivity index (χ0n) is 14.5. The standard InChI is InChI=1S/C19H31NOS/c1-5-7-14-20(15-8-6-2)16(3)19(22-17(4)21)18-12-10-9-11-13-18/h9-13,16,19H,5-8,14-15H2,1-4H3/t16-,19-/m1/s1. The first kappa shape index (κ1) is 19.2. The summed E-state index contributed by atoms with van der Waals surface area (Å²) in [7, 11) is 0. The molecule has 0 unspecified atom stereocenters. The Bertz CT molecular complexity index is 413. The molecule has 0 aliphatic heterocycles. The lowest BCUT2D eigenvalue weighted by atomic mass is 10.0. The Morgan fingerprint density at radius 1 is 1.09 bits per heavy atom. The second kappa shape index (κ2) is 10.8. The van der Waals surface area contributed by atoms with Crippen LogP contribution < -0.4 is 0 Å². The van der Waals surface area contributed by atoms with Gasteiger partial charge in [0.2, 0.25) is 0 Å². The number of thioether (sulfide) groups is 1. The lowest BCUT2D eigenvalue weighted by Crippen LogP contribution is -2.38. The Kier molecular flexibility index (Phi) is 9.49. The molecule has 1 rings (SSSR count). The highest BCUT2D eigenvalue weighted by Crippen LogP contribution is 2.35. The number of nitrogens with zero attached hydrogens (tertiary/aromatic N) is 1. The van der Waals surface area contributed by atoms with Crippen LogP contribution in [0.2, 0.25) is 0 Å². The van der Waals surface area contributed by atoms with Gasteiger partial charge in [-0.3, -0.25) is 9.69 Å². The molecule has 0 amide bonds. The molecule has 0 heterocycles. The molecule has 0 aliphatic rings. The van der Waals surface area contributed by atoms with E-state index in [1.54, 1.807) is 6.92 Å². The summed E-state index contributed by atoms with van der Waals surface area (Å²) < 4.78 is 0. The van der Waals surface area contributed by atoms with Crippen molar-refractivity contribution in [1.82, 2.24) is 4.90 Å². The number of hydrogen-bond acceptors (Lipinski definition) is 3. The van der Waals surface area contributed by atoms with E-state index in [2.05, 4.69) is 49.9 Å². The lowest BCUT2D eigenvalue weighted by Gasteiger charge is -2.34. The molecule has 1 aromatic carbocycles. The van der Waals surface area contributed by atoms with E-state index in [1.165, 1.54) is 43.0 Å². The molecule has 0 saturated heterocycles. The molecular weight excluding hydrogens is 290 g/mol. The van der Waals surface area contributed by atoms with E-state index in [0.29, 0.717) is 6.04 Å². The molecule has 2 atom stereocenters. The van der Waals surface area contributed by atoms with Crippen LogP contribution in [0.5, 0.6) is 0 Å². The third kappa shape index (κ3) is 6.53. The molecule has 0 radical (unpaired) electrons. The van der Waals surface area contributed by atoms with Gasteiger partial charge < -0.3 is 0 Å². The third-order valence-electron chi connectivity index (χ3n) is 4.03. The van der Waals surface area contributed by atoms with E-state index in [4.69, 9.17) is 0 Å². The van der Waals surface area contributed by atoms with Crippen molar-refractivity contribution in [3.05, 3.63) is 35.9 Å². The quantitative estimate of drug-likeness (QED) is 0.583. The minimum atomic E-state index is 0.201. The number of benzene rings is 1. The number of carbonyl (C=O) groups excluding carboxylic acids is 1. The summed E-state index contributed by atoms with van der Waals surface area (Å²) in [6, 6.07) is 10.8. The van der Waals surface area contributed by atoms with Gasteiger partial charge in [0.15, 0.2) is 5.12 Å². The summed E-state index contributed by atoms with van der Waals surface area (Å²) in [4.78, 5) is 14.3. The largest absolute Gasteiger partial charge is 0.299 e. The normalized spacial score (nSPS) is 14.0. The van der Waals surface area contributed by atoms with Gasteiger partial charge in [-0.2, -0.15) is 0 Å². The van der Waals surface area contributed by atoms with Gasteiger partial charge in [0.25, 0.3) is 0 Å². The van der Waals surface area contributed by atoms with Crippen molar-refractivity contribution in [2.24, 2.45) is 0 Å². The Morgan fingerprint density at radius 2 is 1.64 bits per heavy atom. The molecular formula is C19H31NOS. The Hall–Kier alpha value is -0.800. The Morgan fingerprint density at radius 3 is 2.09 bits per heavy atom. The van der Waals surface area contributed by atoms with Gasteiger partial charge in [0.1, 0.15) is 0 Å². The van der Waals surface area contributed by atoms with E-state index in [1.807, 2.05) is 6.07 Å². The minimum Gasteiger partial charge on any atom is -0.299 e. The van der Waals surface area contributed by atoms with Crippen LogP contribution in [0.15, 0.2) is 30.3 Å². The van der Waals surface area contributed by atoms with Crippen LogP contribution in [0.25, 0.3) is 0 Å². The second-order valence-electron chi connectivity index (χ2n) is 5.92. The van der Waals surface area contributed by atoms with E-state index < -0.39 is 0 Å². The fourth-order valence-corrected chi connectivity index (χ4v) is 3.72. The van der Waals surface area contributed by atoms with Gasteiger partial charge in [0, 0.05) is 13.0 Å². The topological polar surface area (TPSA) is 20.3 Å². The average Bonchev–Trinajstić information content (AvgIpc) is 2.53. The molecule has 3 heteroatoms. The predicted molar refractivity (Wildman–Crippen MR) is 98.3 cm³/mol. The van der Waals surface area contributed by atoms with Gasteiger partial charge in [-0.15, -0.1) is 0 Å². The highest BCUT2D eigenvalue weighted by atomic mass is 32.2. The highest BCUT2D eigenvalue weighted by molar-refractivity contribution is 8.13. The van der Waals surface area contributed by atoms with Gasteiger partial charge in [-0.1, -0.05) is 68.8 Å². The van der Waals surface area contributed by atoms with Crippen molar-refractivity contribution in [2.45, 2.75) is 64.7 Å². The summed E-state index contributed by atoms with van der Waals surface area (Å²) in [6.45, 7) is 10.7. The van der Waals surface area contributed by atoms with Crippen molar-refractivity contribution >= 4 is 16.9 Å². The Labute approximate surface area is 140 Å². The zero-order valence-corrected chi connectivity index (χ0v) is 15.4. The fourth-order valence-electron chi connectivity index (χ4n) is 2.70. The number of hydrogen-bond donors (Lipinski definition) is 0. The molecule has 0 spiro atoms. The van der Waals surface area contributed by atoms with E-state index in [0.717, 1.165) is 13.1 Å². The highest BCUT2D eigenvalue weighted by Gasteiger charge is 2.26. The van der Waals surface area contributed by atoms with Crippen molar-refractivity contribution in [1.29, 1.82) is 0 Å². The zero-order chi connectivity index (χ0) is 16.4. The van der Waals surface area contributed by atoms with Crippen LogP contribution in [0.4, 0.5) is 0 Å². The number of rotatable bonds is 10. The van der Waals surface area contributed by atoms with E-state index >= 15 is 0 Å². The van der Waals surface area contributed by atoms with Crippen LogP contribution >= 0.6 is 11.8 Å². The monoisotopic (exact) mass is 321 g/mol. The van der Waals surface area contributed by atoms with Crippen LogP contribution in [-0.2, 0) is 4.79 Å². The summed E-state index contributed by atoms with van der Waals surface area (Å²) in [5, 5.41) is 0.416. The molecule has 0 aliphatic carbocycles. The predicted octanol–water partition coefficient (Wildman–Crippen LogP) is 5.30. The lowest BCUT2D eigenvalue weighted by molar-refractivity contribution is -0.109. The third-order valence-corrected chi connectivity index (χ3v) is 5.28. The first-order valence-electron chi connectivity index (χ1n) is 8.56. The molecule has 124 valence electrons. The second-order valence-corrected chi connectivity index (χ2v) is 7.24. The molecule has 1 aromatic rings. The van der Waals surface area contributed by atoms with E-state index in [-0.39, 0.29) is 10.4 Å². The van der Waals surface area contributed by atoms with Crippen LogP contribution in [0.1, 0.15) is 64.2 Å². The summed E-state index contributed by atoms with van der Waals surface area (Å²) in [5.41, 5.74) is 1.26. The summed E-state index contributed by atoms with van der Waals surface area (Å²) in [5.74, 6) is 0. The van der Waals surface area contributed by atoms with Gasteiger partial charge >= 0.3 is 0 Å². The first-order valence-corrected chi connectivity index (χ1v) is 9.44. The number of carbonyl (C=O) groups is 1. The molecule has 0 bridgehead atoms. The van der Waals surface area contributed by atoms with Gasteiger partial charge in [-0.05, 0) is 38.4 Å². The fraction of sp³-hybridized carbons (Fsp3) is 0.632. The van der Waals surface area contributed by atoms with Crippen LogP contribution in [0, 0.1) is 0 Å². The maximum Gasteiger partial charge on any atom is 0.186 e. The Balaban J connectivity index is 2.90. The van der Waals surface area contributed by atoms with Crippen LogP contribution in [-0.4, -0.2) is 29.1 Å². The maximum absolute atomic E-state index is 11.7. The molecule has 0 saturated carbocycles.